The molecule has 0 bridgehead atoms. The van der Waals surface area contributed by atoms with Crippen LogP contribution in [0.5, 0.6) is 0 Å². The highest BCUT2D eigenvalue weighted by Gasteiger charge is 2.27. The van der Waals surface area contributed by atoms with Crippen LogP contribution >= 0.6 is 15.9 Å². The fourth-order valence-corrected chi connectivity index (χ4v) is 2.13. The Kier molecular flexibility index (Phi) is 3.31. The van der Waals surface area contributed by atoms with Crippen LogP contribution in [-0.2, 0) is 19.1 Å². The molecular weight excluding hydrogens is 282 g/mol. The number of aromatic nitrogens is 3. The Morgan fingerprint density at radius 3 is 2.53 bits per heavy atom. The molecule has 0 fully saturated rings. The number of benzene rings is 1. The molecule has 1 unspecified atom stereocenters. The van der Waals surface area contributed by atoms with Crippen molar-refractivity contribution >= 4 is 15.9 Å². The summed E-state index contributed by atoms with van der Waals surface area (Å²) in [5.41, 5.74) is 0.811. The highest BCUT2D eigenvalue weighted by atomic mass is 79.9. The van der Waals surface area contributed by atoms with Gasteiger partial charge in [-0.05, 0) is 24.6 Å². The van der Waals surface area contributed by atoms with Crippen molar-refractivity contribution in [2.24, 2.45) is 7.05 Å². The van der Waals surface area contributed by atoms with Crippen molar-refractivity contribution in [3.05, 3.63) is 46.2 Å². The first kappa shape index (κ1) is 12.3. The quantitative estimate of drug-likeness (QED) is 0.943. The SMILES string of the molecule is Cn1nncc1C(C)(O)Cc1ccc(Br)cc1. The zero-order valence-corrected chi connectivity index (χ0v) is 11.3. The Bertz CT molecular complexity index is 505. The van der Waals surface area contributed by atoms with Gasteiger partial charge in [0.25, 0.3) is 0 Å². The van der Waals surface area contributed by atoms with Crippen LogP contribution in [0.3, 0.4) is 0 Å². The summed E-state index contributed by atoms with van der Waals surface area (Å²) in [5, 5.41) is 18.1. The number of hydrogen-bond donors (Lipinski definition) is 1. The predicted molar refractivity (Wildman–Crippen MR) is 68.4 cm³/mol. The summed E-state index contributed by atoms with van der Waals surface area (Å²) < 4.78 is 2.63. The normalized spacial score (nSPS) is 14.6. The lowest BCUT2D eigenvalue weighted by Gasteiger charge is -2.22. The minimum absolute atomic E-state index is 0.529. The van der Waals surface area contributed by atoms with Crippen molar-refractivity contribution in [3.63, 3.8) is 0 Å². The van der Waals surface area contributed by atoms with Crippen molar-refractivity contribution in [1.82, 2.24) is 15.0 Å². The van der Waals surface area contributed by atoms with Crippen LogP contribution < -0.4 is 0 Å². The third-order valence-electron chi connectivity index (χ3n) is 2.73. The van der Waals surface area contributed by atoms with E-state index in [0.29, 0.717) is 12.1 Å². The van der Waals surface area contributed by atoms with Gasteiger partial charge in [-0.25, -0.2) is 4.68 Å². The van der Waals surface area contributed by atoms with E-state index in [2.05, 4.69) is 26.2 Å². The van der Waals surface area contributed by atoms with Crippen LogP contribution in [0.1, 0.15) is 18.2 Å². The maximum Gasteiger partial charge on any atom is 0.109 e. The molecule has 0 radical (unpaired) electrons. The van der Waals surface area contributed by atoms with Gasteiger partial charge in [0.2, 0.25) is 0 Å². The van der Waals surface area contributed by atoms with Crippen LogP contribution in [0.15, 0.2) is 34.9 Å². The van der Waals surface area contributed by atoms with Crippen molar-refractivity contribution in [3.8, 4) is 0 Å². The number of halogens is 1. The summed E-state index contributed by atoms with van der Waals surface area (Å²) in [5.74, 6) is 0. The largest absolute Gasteiger partial charge is 0.383 e. The second-order valence-electron chi connectivity index (χ2n) is 4.32. The molecule has 1 aromatic carbocycles. The van der Waals surface area contributed by atoms with Crippen molar-refractivity contribution in [2.75, 3.05) is 0 Å². The van der Waals surface area contributed by atoms with Gasteiger partial charge >= 0.3 is 0 Å². The Balaban J connectivity index is 2.23. The second kappa shape index (κ2) is 4.58. The zero-order chi connectivity index (χ0) is 12.5. The van der Waals surface area contributed by atoms with Crippen molar-refractivity contribution in [2.45, 2.75) is 18.9 Å². The maximum atomic E-state index is 10.5. The number of aryl methyl sites for hydroxylation is 1. The van der Waals surface area contributed by atoms with Crippen molar-refractivity contribution < 1.29 is 5.11 Å². The molecule has 17 heavy (non-hydrogen) atoms. The topological polar surface area (TPSA) is 50.9 Å². The molecule has 0 aliphatic rings. The van der Waals surface area contributed by atoms with E-state index < -0.39 is 5.60 Å². The van der Waals surface area contributed by atoms with Gasteiger partial charge in [0, 0.05) is 17.9 Å². The summed E-state index contributed by atoms with van der Waals surface area (Å²) in [6.45, 7) is 1.77. The minimum atomic E-state index is -0.966. The van der Waals surface area contributed by atoms with Crippen LogP contribution in [0.25, 0.3) is 0 Å². The molecule has 90 valence electrons. The van der Waals surface area contributed by atoms with E-state index in [1.807, 2.05) is 24.3 Å². The van der Waals surface area contributed by atoms with Gasteiger partial charge in [-0.3, -0.25) is 0 Å². The van der Waals surface area contributed by atoms with Crippen LogP contribution in [0, 0.1) is 0 Å². The molecule has 0 saturated carbocycles. The number of aliphatic hydroxyl groups is 1. The molecule has 0 amide bonds. The summed E-state index contributed by atoms with van der Waals surface area (Å²) in [6.07, 6.45) is 2.13. The van der Waals surface area contributed by atoms with E-state index in [9.17, 15) is 5.11 Å². The third kappa shape index (κ3) is 2.73. The lowest BCUT2D eigenvalue weighted by atomic mass is 9.93. The molecule has 1 atom stereocenters. The monoisotopic (exact) mass is 295 g/mol. The van der Waals surface area contributed by atoms with Gasteiger partial charge in [0.05, 0.1) is 11.9 Å². The third-order valence-corrected chi connectivity index (χ3v) is 3.26. The average molecular weight is 296 g/mol. The van der Waals surface area contributed by atoms with Crippen LogP contribution in [-0.4, -0.2) is 20.1 Å². The predicted octanol–water partition coefficient (Wildman–Crippen LogP) is 2.03. The van der Waals surface area contributed by atoms with E-state index in [1.54, 1.807) is 24.9 Å². The molecule has 0 saturated heterocycles. The molecule has 2 aromatic rings. The van der Waals surface area contributed by atoms with E-state index in [-0.39, 0.29) is 0 Å². The fourth-order valence-electron chi connectivity index (χ4n) is 1.87. The van der Waals surface area contributed by atoms with E-state index in [1.165, 1.54) is 0 Å². The zero-order valence-electron chi connectivity index (χ0n) is 9.76. The average Bonchev–Trinajstić information content (AvgIpc) is 2.68. The number of nitrogens with zero attached hydrogens (tertiary/aromatic N) is 3. The van der Waals surface area contributed by atoms with Crippen LogP contribution in [0.2, 0.25) is 0 Å². The minimum Gasteiger partial charge on any atom is -0.383 e. The number of rotatable bonds is 3. The molecule has 0 spiro atoms. The van der Waals surface area contributed by atoms with E-state index >= 15 is 0 Å². The van der Waals surface area contributed by atoms with Gasteiger partial charge < -0.3 is 5.11 Å². The highest BCUT2D eigenvalue weighted by Crippen LogP contribution is 2.24. The standard InChI is InChI=1S/C12H14BrN3O/c1-12(17,11-8-14-15-16(11)2)7-9-3-5-10(13)6-4-9/h3-6,8,17H,7H2,1-2H3. The molecular formula is C12H14BrN3O. The Morgan fingerprint density at radius 2 is 2.00 bits per heavy atom. The molecule has 5 heteroatoms. The lowest BCUT2D eigenvalue weighted by molar-refractivity contribution is 0.0490. The first-order valence-electron chi connectivity index (χ1n) is 5.31. The summed E-state index contributed by atoms with van der Waals surface area (Å²) in [6, 6.07) is 7.91. The van der Waals surface area contributed by atoms with E-state index in [4.69, 9.17) is 0 Å². The number of hydrogen-bond acceptors (Lipinski definition) is 3. The molecule has 4 nitrogen and oxygen atoms in total. The Hall–Kier alpha value is -1.20. The molecule has 1 aromatic heterocycles. The van der Waals surface area contributed by atoms with E-state index in [0.717, 1.165) is 10.0 Å². The molecule has 2 rings (SSSR count). The highest BCUT2D eigenvalue weighted by molar-refractivity contribution is 9.10. The van der Waals surface area contributed by atoms with Gasteiger partial charge in [-0.15, -0.1) is 5.10 Å². The van der Waals surface area contributed by atoms with Crippen LogP contribution in [0.4, 0.5) is 0 Å². The Morgan fingerprint density at radius 1 is 1.35 bits per heavy atom. The molecule has 0 aliphatic heterocycles. The first-order chi connectivity index (χ1) is 7.99. The molecule has 1 N–H and O–H groups in total. The fraction of sp³-hybridized carbons (Fsp3) is 0.333. The Labute approximate surface area is 108 Å². The maximum absolute atomic E-state index is 10.5. The molecule has 0 aliphatic carbocycles. The summed E-state index contributed by atoms with van der Waals surface area (Å²) in [4.78, 5) is 0. The second-order valence-corrected chi connectivity index (χ2v) is 5.24. The van der Waals surface area contributed by atoms with Crippen molar-refractivity contribution in [1.29, 1.82) is 0 Å². The van der Waals surface area contributed by atoms with Gasteiger partial charge in [0.15, 0.2) is 0 Å². The summed E-state index contributed by atoms with van der Waals surface area (Å²) in [7, 11) is 1.78. The first-order valence-corrected chi connectivity index (χ1v) is 6.10. The van der Waals surface area contributed by atoms with Gasteiger partial charge in [0.1, 0.15) is 5.60 Å². The smallest absolute Gasteiger partial charge is 0.109 e. The molecule has 1 heterocycles. The van der Waals surface area contributed by atoms with Gasteiger partial charge in [-0.1, -0.05) is 33.3 Å². The lowest BCUT2D eigenvalue weighted by Crippen LogP contribution is -2.27. The summed E-state index contributed by atoms with van der Waals surface area (Å²) >= 11 is 3.39. The van der Waals surface area contributed by atoms with Gasteiger partial charge in [-0.2, -0.15) is 0 Å².